The largest absolute Gasteiger partial charge is 0.489 e. The second-order valence-electron chi connectivity index (χ2n) is 4.09. The van der Waals surface area contributed by atoms with Gasteiger partial charge in [0.05, 0.1) is 0 Å². The van der Waals surface area contributed by atoms with Crippen LogP contribution in [0.5, 0.6) is 5.75 Å². The molecule has 5 heteroatoms. The van der Waals surface area contributed by atoms with Gasteiger partial charge in [-0.1, -0.05) is 0 Å². The number of rotatable bonds is 5. The van der Waals surface area contributed by atoms with Crippen LogP contribution < -0.4 is 10.1 Å². The third kappa shape index (κ3) is 4.38. The van der Waals surface area contributed by atoms with E-state index in [1.54, 1.807) is 24.5 Å². The van der Waals surface area contributed by atoms with Crippen molar-refractivity contribution in [2.75, 3.05) is 5.32 Å². The first kappa shape index (κ1) is 14.1. The molecule has 0 aliphatic carbocycles. The zero-order valence-corrected chi connectivity index (χ0v) is 11.2. The molecule has 1 aromatic carbocycles. The number of anilines is 1. The first-order valence-electron chi connectivity index (χ1n) is 6.20. The third-order valence-corrected chi connectivity index (χ3v) is 2.63. The Bertz CT molecular complexity index is 678. The van der Waals surface area contributed by atoms with E-state index in [1.807, 2.05) is 36.4 Å². The highest BCUT2D eigenvalue weighted by atomic mass is 16.5. The molecule has 0 fully saturated rings. The minimum atomic E-state index is 0.0213. The van der Waals surface area contributed by atoms with Crippen LogP contribution in [0.2, 0.25) is 0 Å². The monoisotopic (exact) mass is 276 g/mol. The minimum absolute atomic E-state index is 0.0213. The SMILES string of the molecule is N#CC(C#N)=CNc1ccc(OCc2ccncc2)cc1. The molecule has 0 atom stereocenters. The summed E-state index contributed by atoms with van der Waals surface area (Å²) in [6.45, 7) is 0.474. The van der Waals surface area contributed by atoms with Crippen LogP contribution in [-0.4, -0.2) is 4.98 Å². The maximum atomic E-state index is 8.62. The second-order valence-corrected chi connectivity index (χ2v) is 4.09. The molecule has 0 radical (unpaired) electrons. The van der Waals surface area contributed by atoms with E-state index in [0.29, 0.717) is 6.61 Å². The average molecular weight is 276 g/mol. The molecule has 2 aromatic rings. The molecule has 0 aliphatic rings. The van der Waals surface area contributed by atoms with Gasteiger partial charge in [0.2, 0.25) is 0 Å². The molecule has 0 spiro atoms. The number of allylic oxidation sites excluding steroid dienone is 1. The van der Waals surface area contributed by atoms with Crippen molar-refractivity contribution in [3.8, 4) is 17.9 Å². The highest BCUT2D eigenvalue weighted by Crippen LogP contribution is 2.17. The van der Waals surface area contributed by atoms with Gasteiger partial charge in [-0.25, -0.2) is 0 Å². The standard InChI is InChI=1S/C16H12N4O/c17-9-14(10-18)11-20-15-1-3-16(4-2-15)21-12-13-5-7-19-8-6-13/h1-8,11,20H,12H2. The Morgan fingerprint density at radius 3 is 2.38 bits per heavy atom. The molecule has 0 amide bonds. The van der Waals surface area contributed by atoms with Crippen LogP contribution in [0.15, 0.2) is 60.6 Å². The molecule has 102 valence electrons. The van der Waals surface area contributed by atoms with E-state index >= 15 is 0 Å². The number of benzene rings is 1. The highest BCUT2D eigenvalue weighted by molar-refractivity contribution is 5.51. The Kier molecular flexibility index (Phi) is 4.92. The zero-order valence-electron chi connectivity index (χ0n) is 11.2. The molecule has 2 rings (SSSR count). The van der Waals surface area contributed by atoms with Gasteiger partial charge < -0.3 is 10.1 Å². The van der Waals surface area contributed by atoms with Gasteiger partial charge in [-0.3, -0.25) is 4.98 Å². The van der Waals surface area contributed by atoms with Crippen molar-refractivity contribution in [3.05, 3.63) is 66.1 Å². The van der Waals surface area contributed by atoms with Crippen LogP contribution in [0.1, 0.15) is 5.56 Å². The molecule has 0 saturated heterocycles. The van der Waals surface area contributed by atoms with Crippen LogP contribution in [0.25, 0.3) is 0 Å². The van der Waals surface area contributed by atoms with E-state index in [4.69, 9.17) is 15.3 Å². The van der Waals surface area contributed by atoms with Crippen molar-refractivity contribution in [2.24, 2.45) is 0 Å². The molecule has 1 heterocycles. The first-order valence-corrected chi connectivity index (χ1v) is 6.20. The van der Waals surface area contributed by atoms with Gasteiger partial charge in [0.1, 0.15) is 30.1 Å². The molecule has 1 aromatic heterocycles. The summed E-state index contributed by atoms with van der Waals surface area (Å²) in [5.74, 6) is 0.738. The van der Waals surface area contributed by atoms with Crippen LogP contribution in [-0.2, 0) is 6.61 Å². The van der Waals surface area contributed by atoms with E-state index in [9.17, 15) is 0 Å². The number of hydrogen-bond acceptors (Lipinski definition) is 5. The molecule has 0 saturated carbocycles. The predicted molar refractivity (Wildman–Crippen MR) is 77.9 cm³/mol. The Labute approximate surface area is 122 Å². The van der Waals surface area contributed by atoms with Gasteiger partial charge in [0.25, 0.3) is 0 Å². The summed E-state index contributed by atoms with van der Waals surface area (Å²) in [5.41, 5.74) is 1.84. The first-order chi connectivity index (χ1) is 10.3. The molecule has 1 N–H and O–H groups in total. The third-order valence-electron chi connectivity index (χ3n) is 2.63. The van der Waals surface area contributed by atoms with E-state index < -0.39 is 0 Å². The van der Waals surface area contributed by atoms with Crippen molar-refractivity contribution >= 4 is 5.69 Å². The van der Waals surface area contributed by atoms with E-state index in [0.717, 1.165) is 17.0 Å². The van der Waals surface area contributed by atoms with Gasteiger partial charge in [0, 0.05) is 24.3 Å². The normalized spacial score (nSPS) is 9.05. The lowest BCUT2D eigenvalue weighted by Gasteiger charge is -2.07. The number of aromatic nitrogens is 1. The fourth-order valence-corrected chi connectivity index (χ4v) is 1.54. The Morgan fingerprint density at radius 1 is 1.10 bits per heavy atom. The summed E-state index contributed by atoms with van der Waals surface area (Å²) in [7, 11) is 0. The topological polar surface area (TPSA) is 81.7 Å². The number of nitrogens with zero attached hydrogens (tertiary/aromatic N) is 3. The number of pyridine rings is 1. The molecule has 5 nitrogen and oxygen atoms in total. The summed E-state index contributed by atoms with van der Waals surface area (Å²) in [5, 5.41) is 20.1. The van der Waals surface area contributed by atoms with Gasteiger partial charge in [0.15, 0.2) is 0 Å². The summed E-state index contributed by atoms with van der Waals surface area (Å²) in [6, 6.07) is 14.6. The van der Waals surface area contributed by atoms with Crippen LogP contribution in [0.3, 0.4) is 0 Å². The van der Waals surface area contributed by atoms with E-state index in [2.05, 4.69) is 10.3 Å². The smallest absolute Gasteiger partial charge is 0.145 e. The number of hydrogen-bond donors (Lipinski definition) is 1. The summed E-state index contributed by atoms with van der Waals surface area (Å²) < 4.78 is 5.64. The van der Waals surface area contributed by atoms with Crippen molar-refractivity contribution in [2.45, 2.75) is 6.61 Å². The zero-order chi connectivity index (χ0) is 14.9. The fourth-order valence-electron chi connectivity index (χ4n) is 1.54. The molecule has 21 heavy (non-hydrogen) atoms. The lowest BCUT2D eigenvalue weighted by Crippen LogP contribution is -1.95. The van der Waals surface area contributed by atoms with Crippen LogP contribution in [0, 0.1) is 22.7 Å². The van der Waals surface area contributed by atoms with E-state index in [-0.39, 0.29) is 5.57 Å². The van der Waals surface area contributed by atoms with Gasteiger partial charge in [-0.05, 0) is 42.0 Å². The Morgan fingerprint density at radius 2 is 1.76 bits per heavy atom. The molecule has 0 unspecified atom stereocenters. The summed E-state index contributed by atoms with van der Waals surface area (Å²) in [4.78, 5) is 3.95. The molecule has 0 bridgehead atoms. The summed E-state index contributed by atoms with van der Waals surface area (Å²) in [6.07, 6.45) is 4.81. The maximum absolute atomic E-state index is 8.62. The van der Waals surface area contributed by atoms with Gasteiger partial charge in [-0.2, -0.15) is 10.5 Å². The Balaban J connectivity index is 1.92. The second kappa shape index (κ2) is 7.32. The lowest BCUT2D eigenvalue weighted by molar-refractivity contribution is 0.306. The highest BCUT2D eigenvalue weighted by Gasteiger charge is 1.97. The predicted octanol–water partition coefficient (Wildman–Crippen LogP) is 3.00. The number of ether oxygens (including phenoxy) is 1. The van der Waals surface area contributed by atoms with Crippen molar-refractivity contribution < 1.29 is 4.74 Å². The summed E-state index contributed by atoms with van der Waals surface area (Å²) >= 11 is 0. The van der Waals surface area contributed by atoms with E-state index in [1.165, 1.54) is 6.20 Å². The number of nitriles is 2. The maximum Gasteiger partial charge on any atom is 0.145 e. The lowest BCUT2D eigenvalue weighted by atomic mass is 10.3. The molecular formula is C16H12N4O. The number of nitrogens with one attached hydrogen (secondary N) is 1. The van der Waals surface area contributed by atoms with Gasteiger partial charge in [-0.15, -0.1) is 0 Å². The van der Waals surface area contributed by atoms with Gasteiger partial charge >= 0.3 is 0 Å². The molecule has 0 aliphatic heterocycles. The van der Waals surface area contributed by atoms with Crippen LogP contribution >= 0.6 is 0 Å². The van der Waals surface area contributed by atoms with Crippen molar-refractivity contribution in [3.63, 3.8) is 0 Å². The molecular weight excluding hydrogens is 264 g/mol. The van der Waals surface area contributed by atoms with Crippen molar-refractivity contribution in [1.82, 2.24) is 4.98 Å². The van der Waals surface area contributed by atoms with Crippen LogP contribution in [0.4, 0.5) is 5.69 Å². The van der Waals surface area contributed by atoms with Crippen molar-refractivity contribution in [1.29, 1.82) is 10.5 Å². The minimum Gasteiger partial charge on any atom is -0.489 e. The fraction of sp³-hybridized carbons (Fsp3) is 0.0625. The average Bonchev–Trinajstić information content (AvgIpc) is 2.56. The Hall–Kier alpha value is -3.31. The quantitative estimate of drug-likeness (QED) is 0.849.